The van der Waals surface area contributed by atoms with Gasteiger partial charge in [-0.15, -0.1) is 0 Å². The summed E-state index contributed by atoms with van der Waals surface area (Å²) in [5.74, 6) is -0.157. The maximum Gasteiger partial charge on any atom is 0.224 e. The van der Waals surface area contributed by atoms with Gasteiger partial charge in [0.2, 0.25) is 5.28 Å². The van der Waals surface area contributed by atoms with Crippen molar-refractivity contribution in [2.75, 3.05) is 18.1 Å². The molecule has 0 spiro atoms. The molecule has 1 unspecified atom stereocenters. The summed E-state index contributed by atoms with van der Waals surface area (Å²) in [5, 5.41) is 8.91. The average Bonchev–Trinajstić information content (AvgIpc) is 2.77. The highest BCUT2D eigenvalue weighted by atomic mass is 35.5. The second kappa shape index (κ2) is 5.60. The van der Waals surface area contributed by atoms with Crippen molar-refractivity contribution >= 4 is 17.4 Å². The average molecular weight is 260 g/mol. The van der Waals surface area contributed by atoms with Crippen molar-refractivity contribution in [1.29, 1.82) is 0 Å². The zero-order chi connectivity index (χ0) is 12.3. The molecule has 1 aliphatic rings. The Bertz CT molecular complexity index is 391. The van der Waals surface area contributed by atoms with Gasteiger partial charge in [-0.2, -0.15) is 4.98 Å². The zero-order valence-electron chi connectivity index (χ0n) is 9.44. The van der Waals surface area contributed by atoms with Crippen LogP contribution in [0.1, 0.15) is 25.7 Å². The van der Waals surface area contributed by atoms with Gasteiger partial charge >= 0.3 is 0 Å². The molecule has 1 atom stereocenters. The first kappa shape index (κ1) is 12.5. The third-order valence-electron chi connectivity index (χ3n) is 3.04. The van der Waals surface area contributed by atoms with E-state index in [0.29, 0.717) is 0 Å². The van der Waals surface area contributed by atoms with Crippen molar-refractivity contribution in [2.45, 2.75) is 31.7 Å². The highest BCUT2D eigenvalue weighted by Gasteiger charge is 2.27. The Hall–Kier alpha value is -0.940. The molecule has 17 heavy (non-hydrogen) atoms. The van der Waals surface area contributed by atoms with Crippen molar-refractivity contribution in [3.8, 4) is 0 Å². The first-order valence-electron chi connectivity index (χ1n) is 5.78. The number of hydrogen-bond acceptors (Lipinski definition) is 4. The quantitative estimate of drug-likeness (QED) is 0.841. The molecule has 0 aromatic carbocycles. The molecular weight excluding hydrogens is 245 g/mol. The molecule has 2 rings (SSSR count). The summed E-state index contributed by atoms with van der Waals surface area (Å²) in [6.45, 7) is 0.942. The van der Waals surface area contributed by atoms with Gasteiger partial charge in [-0.05, 0) is 37.3 Å². The molecule has 0 amide bonds. The smallest absolute Gasteiger partial charge is 0.224 e. The van der Waals surface area contributed by atoms with Crippen LogP contribution in [0.3, 0.4) is 0 Å². The Balaban J connectivity index is 2.16. The molecule has 1 fully saturated rings. The van der Waals surface area contributed by atoms with Crippen LogP contribution in [0.15, 0.2) is 6.20 Å². The van der Waals surface area contributed by atoms with Crippen LogP contribution in [0.5, 0.6) is 0 Å². The number of nitrogens with zero attached hydrogens (tertiary/aromatic N) is 3. The second-order valence-electron chi connectivity index (χ2n) is 4.17. The molecule has 0 aliphatic carbocycles. The fraction of sp³-hybridized carbons (Fsp3) is 0.636. The van der Waals surface area contributed by atoms with Crippen LogP contribution in [0.25, 0.3) is 0 Å². The SMILES string of the molecule is OCCCC1CCCN1c1nc(Cl)ncc1F. The number of halogens is 2. The Labute approximate surface area is 104 Å². The van der Waals surface area contributed by atoms with E-state index < -0.39 is 5.82 Å². The number of aliphatic hydroxyl groups excluding tert-OH is 1. The molecule has 0 radical (unpaired) electrons. The summed E-state index contributed by atoms with van der Waals surface area (Å²) < 4.78 is 13.6. The molecular formula is C11H15ClFN3O. The van der Waals surface area contributed by atoms with Gasteiger partial charge in [0.15, 0.2) is 11.6 Å². The fourth-order valence-corrected chi connectivity index (χ4v) is 2.41. The Morgan fingerprint density at radius 3 is 3.18 bits per heavy atom. The van der Waals surface area contributed by atoms with Gasteiger partial charge < -0.3 is 10.0 Å². The van der Waals surface area contributed by atoms with Gasteiger partial charge in [0.25, 0.3) is 0 Å². The summed E-state index contributed by atoms with van der Waals surface area (Å²) in [4.78, 5) is 9.50. The van der Waals surface area contributed by atoms with Gasteiger partial charge in [-0.3, -0.25) is 0 Å². The topological polar surface area (TPSA) is 49.2 Å². The van der Waals surface area contributed by atoms with Crippen molar-refractivity contribution in [3.63, 3.8) is 0 Å². The molecule has 1 saturated heterocycles. The van der Waals surface area contributed by atoms with Crippen molar-refractivity contribution in [1.82, 2.24) is 9.97 Å². The first-order valence-corrected chi connectivity index (χ1v) is 6.15. The van der Waals surface area contributed by atoms with Crippen LogP contribution in [0.4, 0.5) is 10.2 Å². The monoisotopic (exact) mass is 259 g/mol. The molecule has 1 aromatic heterocycles. The van der Waals surface area contributed by atoms with Crippen LogP contribution < -0.4 is 4.90 Å². The standard InChI is InChI=1S/C11H15ClFN3O/c12-11-14-7-9(13)10(15-11)16-5-1-3-8(16)4-2-6-17/h7-8,17H,1-6H2. The number of aliphatic hydroxyl groups is 1. The van der Waals surface area contributed by atoms with E-state index in [0.717, 1.165) is 38.4 Å². The minimum atomic E-state index is -0.440. The van der Waals surface area contributed by atoms with E-state index in [4.69, 9.17) is 16.7 Å². The van der Waals surface area contributed by atoms with Crippen LogP contribution >= 0.6 is 11.6 Å². The van der Waals surface area contributed by atoms with Gasteiger partial charge in [0.05, 0.1) is 6.20 Å². The lowest BCUT2D eigenvalue weighted by Crippen LogP contribution is -2.31. The molecule has 94 valence electrons. The number of aromatic nitrogens is 2. The summed E-state index contributed by atoms with van der Waals surface area (Å²) in [7, 11) is 0. The van der Waals surface area contributed by atoms with E-state index in [1.807, 2.05) is 4.90 Å². The maximum atomic E-state index is 13.6. The molecule has 4 nitrogen and oxygen atoms in total. The highest BCUT2D eigenvalue weighted by Crippen LogP contribution is 2.28. The Kier molecular flexibility index (Phi) is 4.12. The Morgan fingerprint density at radius 1 is 1.59 bits per heavy atom. The van der Waals surface area contributed by atoms with Gasteiger partial charge in [0.1, 0.15) is 0 Å². The normalized spacial score (nSPS) is 19.9. The van der Waals surface area contributed by atoms with Crippen molar-refractivity contribution in [2.24, 2.45) is 0 Å². The lowest BCUT2D eigenvalue weighted by molar-refractivity contribution is 0.279. The van der Waals surface area contributed by atoms with E-state index in [9.17, 15) is 4.39 Å². The van der Waals surface area contributed by atoms with E-state index >= 15 is 0 Å². The summed E-state index contributed by atoms with van der Waals surface area (Å²) >= 11 is 5.69. The van der Waals surface area contributed by atoms with Crippen LogP contribution in [-0.4, -0.2) is 34.3 Å². The number of anilines is 1. The van der Waals surface area contributed by atoms with E-state index in [2.05, 4.69) is 9.97 Å². The molecule has 0 bridgehead atoms. The third kappa shape index (κ3) is 2.84. The predicted molar refractivity (Wildman–Crippen MR) is 63.7 cm³/mol. The van der Waals surface area contributed by atoms with Gasteiger partial charge in [0, 0.05) is 19.2 Å². The Morgan fingerprint density at radius 2 is 2.41 bits per heavy atom. The largest absolute Gasteiger partial charge is 0.396 e. The minimum Gasteiger partial charge on any atom is -0.396 e. The van der Waals surface area contributed by atoms with E-state index in [1.54, 1.807) is 0 Å². The number of hydrogen-bond donors (Lipinski definition) is 1. The number of rotatable bonds is 4. The van der Waals surface area contributed by atoms with Gasteiger partial charge in [-0.25, -0.2) is 9.37 Å². The van der Waals surface area contributed by atoms with Crippen molar-refractivity contribution in [3.05, 3.63) is 17.3 Å². The summed E-state index contributed by atoms with van der Waals surface area (Å²) in [5.41, 5.74) is 0. The lowest BCUT2D eigenvalue weighted by atomic mass is 10.1. The van der Waals surface area contributed by atoms with Crippen LogP contribution in [0, 0.1) is 5.82 Å². The first-order chi connectivity index (χ1) is 8.22. The van der Waals surface area contributed by atoms with Crippen molar-refractivity contribution < 1.29 is 9.50 Å². The van der Waals surface area contributed by atoms with Crippen LogP contribution in [0.2, 0.25) is 5.28 Å². The minimum absolute atomic E-state index is 0.0641. The fourth-order valence-electron chi connectivity index (χ4n) is 2.28. The van der Waals surface area contributed by atoms with E-state index in [-0.39, 0.29) is 23.8 Å². The van der Waals surface area contributed by atoms with Gasteiger partial charge in [-0.1, -0.05) is 0 Å². The lowest BCUT2D eigenvalue weighted by Gasteiger charge is -2.25. The summed E-state index contributed by atoms with van der Waals surface area (Å²) in [6.07, 6.45) is 4.68. The molecule has 1 N–H and O–H groups in total. The molecule has 2 heterocycles. The van der Waals surface area contributed by atoms with Crippen LogP contribution in [-0.2, 0) is 0 Å². The third-order valence-corrected chi connectivity index (χ3v) is 3.22. The summed E-state index contributed by atoms with van der Waals surface area (Å²) in [6, 6.07) is 0.239. The maximum absolute atomic E-state index is 13.6. The molecule has 1 aliphatic heterocycles. The second-order valence-corrected chi connectivity index (χ2v) is 4.50. The molecule has 0 saturated carbocycles. The van der Waals surface area contributed by atoms with E-state index in [1.165, 1.54) is 0 Å². The molecule has 6 heteroatoms. The highest BCUT2D eigenvalue weighted by molar-refractivity contribution is 6.28. The molecule has 1 aromatic rings. The predicted octanol–water partition coefficient (Wildman–Crippen LogP) is 2.01. The zero-order valence-corrected chi connectivity index (χ0v) is 10.2.